The molecule has 112 valence electrons. The van der Waals surface area contributed by atoms with Crippen LogP contribution in [0.25, 0.3) is 0 Å². The first-order chi connectivity index (χ1) is 9.10. The summed E-state index contributed by atoms with van der Waals surface area (Å²) in [7, 11) is -2.24. The van der Waals surface area contributed by atoms with Crippen LogP contribution in [0.5, 0.6) is 0 Å². The third-order valence-electron chi connectivity index (χ3n) is 2.79. The topological polar surface area (TPSA) is 101 Å². The van der Waals surface area contributed by atoms with Crippen molar-refractivity contribution in [3.63, 3.8) is 0 Å². The van der Waals surface area contributed by atoms with E-state index in [2.05, 4.69) is 26.0 Å². The summed E-state index contributed by atoms with van der Waals surface area (Å²) in [6, 6.07) is 4.52. The van der Waals surface area contributed by atoms with Gasteiger partial charge < -0.3 is 11.1 Å². The van der Waals surface area contributed by atoms with Crippen molar-refractivity contribution in [2.75, 3.05) is 19.3 Å². The summed E-state index contributed by atoms with van der Waals surface area (Å²) < 4.78 is 27.3. The molecule has 0 aliphatic rings. The van der Waals surface area contributed by atoms with Gasteiger partial charge in [-0.2, -0.15) is 0 Å². The van der Waals surface area contributed by atoms with E-state index in [9.17, 15) is 13.2 Å². The number of anilines is 1. The molecule has 0 radical (unpaired) electrons. The Bertz CT molecular complexity index is 614. The molecule has 1 aromatic rings. The maximum Gasteiger partial charge on any atom is 0.241 e. The molecule has 1 amide bonds. The lowest BCUT2D eigenvalue weighted by atomic mass is 9.93. The second-order valence-electron chi connectivity index (χ2n) is 4.98. The van der Waals surface area contributed by atoms with E-state index in [1.165, 1.54) is 13.1 Å². The fraction of sp³-hybridized carbons (Fsp3) is 0.417. The van der Waals surface area contributed by atoms with Gasteiger partial charge in [-0.3, -0.25) is 4.79 Å². The number of nitrogens with two attached hydrogens (primary N) is 1. The summed E-state index contributed by atoms with van der Waals surface area (Å²) in [6.45, 7) is 3.29. The Morgan fingerprint density at radius 2 is 2.00 bits per heavy atom. The Balaban J connectivity index is 2.97. The molecule has 0 spiro atoms. The molecule has 0 aliphatic heterocycles. The number of carbonyl (C=O) groups is 1. The van der Waals surface area contributed by atoms with Crippen LogP contribution in [0.4, 0.5) is 5.69 Å². The highest BCUT2D eigenvalue weighted by Crippen LogP contribution is 2.24. The van der Waals surface area contributed by atoms with Crippen molar-refractivity contribution in [1.82, 2.24) is 10.0 Å². The normalized spacial score (nSPS) is 12.2. The predicted octanol–water partition coefficient (Wildman–Crippen LogP) is 1.08. The number of halogens is 1. The number of nitrogens with one attached hydrogen (secondary N) is 2. The zero-order valence-electron chi connectivity index (χ0n) is 11.5. The van der Waals surface area contributed by atoms with E-state index in [4.69, 9.17) is 5.73 Å². The molecule has 0 fully saturated rings. The summed E-state index contributed by atoms with van der Waals surface area (Å²) in [5.74, 6) is -0.244. The second-order valence-corrected chi connectivity index (χ2v) is 7.57. The lowest BCUT2D eigenvalue weighted by Crippen LogP contribution is -2.43. The molecular weight excluding hydrogens is 346 g/mol. The number of carbonyl (C=O) groups excluding carboxylic acids is 1. The maximum absolute atomic E-state index is 12.2. The van der Waals surface area contributed by atoms with E-state index in [0.29, 0.717) is 10.2 Å². The van der Waals surface area contributed by atoms with E-state index in [-0.39, 0.29) is 17.3 Å². The van der Waals surface area contributed by atoms with E-state index in [1.807, 2.05) is 0 Å². The third-order valence-corrected chi connectivity index (χ3v) is 5.19. The summed E-state index contributed by atoms with van der Waals surface area (Å²) in [5.41, 5.74) is 5.09. The summed E-state index contributed by atoms with van der Waals surface area (Å²) >= 11 is 3.18. The number of rotatable bonds is 5. The molecule has 0 heterocycles. The van der Waals surface area contributed by atoms with Gasteiger partial charge in [0.25, 0.3) is 0 Å². The molecule has 1 rings (SSSR count). The monoisotopic (exact) mass is 363 g/mol. The van der Waals surface area contributed by atoms with Gasteiger partial charge in [0.15, 0.2) is 0 Å². The first-order valence-corrected chi connectivity index (χ1v) is 8.14. The molecule has 20 heavy (non-hydrogen) atoms. The summed E-state index contributed by atoms with van der Waals surface area (Å²) in [4.78, 5) is 11.7. The first-order valence-electron chi connectivity index (χ1n) is 5.87. The fourth-order valence-corrected chi connectivity index (χ4v) is 3.71. The van der Waals surface area contributed by atoms with Gasteiger partial charge in [0, 0.05) is 23.8 Å². The molecule has 0 unspecified atom stereocenters. The Hall–Kier alpha value is -1.12. The van der Waals surface area contributed by atoms with Gasteiger partial charge in [-0.15, -0.1) is 0 Å². The predicted molar refractivity (Wildman–Crippen MR) is 81.6 cm³/mol. The average molecular weight is 364 g/mol. The van der Waals surface area contributed by atoms with Crippen LogP contribution >= 0.6 is 15.9 Å². The van der Waals surface area contributed by atoms with Gasteiger partial charge >= 0.3 is 0 Å². The second kappa shape index (κ2) is 6.11. The molecule has 8 heteroatoms. The number of nitrogen functional groups attached to an aromatic ring is 1. The van der Waals surface area contributed by atoms with Gasteiger partial charge in [-0.05, 0) is 48.0 Å². The highest BCUT2D eigenvalue weighted by molar-refractivity contribution is 9.10. The fourth-order valence-electron chi connectivity index (χ4n) is 1.50. The Morgan fingerprint density at radius 3 is 2.55 bits per heavy atom. The van der Waals surface area contributed by atoms with E-state index in [0.717, 1.165) is 0 Å². The van der Waals surface area contributed by atoms with Gasteiger partial charge in [0.05, 0.1) is 10.3 Å². The molecule has 0 atom stereocenters. The minimum Gasteiger partial charge on any atom is -0.399 e. The SMILES string of the molecule is CNC(=O)C(C)(C)CNS(=O)(=O)c1cc(N)ccc1Br. The molecule has 1 aromatic carbocycles. The summed E-state index contributed by atoms with van der Waals surface area (Å²) in [5, 5.41) is 2.50. The van der Waals surface area contributed by atoms with E-state index < -0.39 is 15.4 Å². The minimum atomic E-state index is -3.75. The number of sulfonamides is 1. The zero-order valence-corrected chi connectivity index (χ0v) is 13.9. The molecule has 0 aliphatic carbocycles. The van der Waals surface area contributed by atoms with Crippen molar-refractivity contribution in [3.05, 3.63) is 22.7 Å². The lowest BCUT2D eigenvalue weighted by molar-refractivity contribution is -0.128. The average Bonchev–Trinajstić information content (AvgIpc) is 2.38. The van der Waals surface area contributed by atoms with Crippen LogP contribution < -0.4 is 15.8 Å². The van der Waals surface area contributed by atoms with Gasteiger partial charge in [0.2, 0.25) is 15.9 Å². The quantitative estimate of drug-likeness (QED) is 0.681. The van der Waals surface area contributed by atoms with Crippen LogP contribution in [0.3, 0.4) is 0 Å². The first kappa shape index (κ1) is 16.9. The van der Waals surface area contributed by atoms with Gasteiger partial charge in [0.1, 0.15) is 0 Å². The molecule has 0 saturated carbocycles. The van der Waals surface area contributed by atoms with Crippen LogP contribution in [-0.4, -0.2) is 27.9 Å². The van der Waals surface area contributed by atoms with Crippen LogP contribution in [-0.2, 0) is 14.8 Å². The zero-order chi connectivity index (χ0) is 15.6. The Labute approximate surface area is 127 Å². The molecule has 0 bridgehead atoms. The highest BCUT2D eigenvalue weighted by Gasteiger charge is 2.29. The number of benzene rings is 1. The number of hydrogen-bond acceptors (Lipinski definition) is 4. The molecule has 0 saturated heterocycles. The third kappa shape index (κ3) is 3.94. The Morgan fingerprint density at radius 1 is 1.40 bits per heavy atom. The Kier molecular flexibility index (Phi) is 5.17. The van der Waals surface area contributed by atoms with Gasteiger partial charge in [-0.1, -0.05) is 0 Å². The van der Waals surface area contributed by atoms with Crippen molar-refractivity contribution in [2.45, 2.75) is 18.7 Å². The molecule has 4 N–H and O–H groups in total. The smallest absolute Gasteiger partial charge is 0.241 e. The van der Waals surface area contributed by atoms with Crippen molar-refractivity contribution < 1.29 is 13.2 Å². The number of amides is 1. The largest absolute Gasteiger partial charge is 0.399 e. The van der Waals surface area contributed by atoms with Crippen molar-refractivity contribution >= 4 is 37.5 Å². The van der Waals surface area contributed by atoms with Crippen molar-refractivity contribution in [3.8, 4) is 0 Å². The van der Waals surface area contributed by atoms with Crippen molar-refractivity contribution in [2.24, 2.45) is 5.41 Å². The van der Waals surface area contributed by atoms with E-state index >= 15 is 0 Å². The highest BCUT2D eigenvalue weighted by atomic mass is 79.9. The minimum absolute atomic E-state index is 0.0176. The van der Waals surface area contributed by atoms with Crippen molar-refractivity contribution in [1.29, 1.82) is 0 Å². The van der Waals surface area contributed by atoms with Crippen LogP contribution in [0.15, 0.2) is 27.6 Å². The van der Waals surface area contributed by atoms with E-state index in [1.54, 1.807) is 26.0 Å². The molecule has 0 aromatic heterocycles. The number of hydrogen-bond donors (Lipinski definition) is 3. The standard InChI is InChI=1S/C12H18BrN3O3S/c1-12(2,11(17)15-3)7-16-20(18,19)10-6-8(14)4-5-9(10)13/h4-6,16H,7,14H2,1-3H3,(H,15,17). The summed E-state index contributed by atoms with van der Waals surface area (Å²) in [6.07, 6.45) is 0. The lowest BCUT2D eigenvalue weighted by Gasteiger charge is -2.23. The van der Waals surface area contributed by atoms with Crippen LogP contribution in [0.1, 0.15) is 13.8 Å². The van der Waals surface area contributed by atoms with Crippen LogP contribution in [0.2, 0.25) is 0 Å². The van der Waals surface area contributed by atoms with Gasteiger partial charge in [-0.25, -0.2) is 13.1 Å². The maximum atomic E-state index is 12.2. The van der Waals surface area contributed by atoms with Crippen LogP contribution in [0, 0.1) is 5.41 Å². The molecule has 6 nitrogen and oxygen atoms in total. The molecular formula is C12H18BrN3O3S.